The van der Waals surface area contributed by atoms with E-state index in [2.05, 4.69) is 71.8 Å². The van der Waals surface area contributed by atoms with Crippen LogP contribution in [-0.4, -0.2) is 34.9 Å². The first-order chi connectivity index (χ1) is 9.40. The molecule has 1 heterocycles. The molecule has 0 saturated heterocycles. The average Bonchev–Trinajstić information content (AvgIpc) is 2.88. The summed E-state index contributed by atoms with van der Waals surface area (Å²) in [6.07, 6.45) is 2.05. The third kappa shape index (κ3) is 3.79. The molecule has 2 aromatic carbocycles. The zero-order valence-corrected chi connectivity index (χ0v) is 14.3. The molecule has 0 amide bonds. The quantitative estimate of drug-likeness (QED) is 0.585. The van der Waals surface area contributed by atoms with Crippen LogP contribution in [0.5, 0.6) is 0 Å². The molecule has 0 atom stereocenters. The second-order valence-electron chi connectivity index (χ2n) is 3.78. The van der Waals surface area contributed by atoms with Crippen LogP contribution in [0.3, 0.4) is 0 Å². The Hall–Kier alpha value is -0.891. The van der Waals surface area contributed by atoms with Crippen LogP contribution in [0.2, 0.25) is 0 Å². The summed E-state index contributed by atoms with van der Waals surface area (Å²) in [7, 11) is 0. The van der Waals surface area contributed by atoms with Crippen LogP contribution in [-0.2, 0) is 0 Å². The van der Waals surface area contributed by atoms with Gasteiger partial charge in [-0.3, -0.25) is 0 Å². The van der Waals surface area contributed by atoms with Crippen LogP contribution in [0.15, 0.2) is 66.9 Å². The second-order valence-corrected chi connectivity index (χ2v) is 10.5. The Morgan fingerprint density at radius 3 is 1.95 bits per heavy atom. The fourth-order valence-corrected chi connectivity index (χ4v) is 7.97. The average molecular weight is 395 g/mol. The van der Waals surface area contributed by atoms with Crippen LogP contribution in [0.1, 0.15) is 0 Å². The van der Waals surface area contributed by atoms with Gasteiger partial charge >= 0.3 is 130 Å². The predicted molar refractivity (Wildman–Crippen MR) is 85.0 cm³/mol. The number of rotatable bonds is 4. The summed E-state index contributed by atoms with van der Waals surface area (Å²) in [5, 5.41) is 0. The van der Waals surface area contributed by atoms with E-state index in [1.54, 1.807) is 0 Å². The monoisotopic (exact) mass is 397 g/mol. The minimum atomic E-state index is 0.344. The molecule has 94 valence electrons. The molecule has 0 aliphatic rings. The van der Waals surface area contributed by atoms with Crippen LogP contribution in [0, 0.1) is 0 Å². The van der Waals surface area contributed by atoms with E-state index in [0.717, 1.165) is 0 Å². The molecule has 4 heteroatoms. The van der Waals surface area contributed by atoms with Crippen molar-refractivity contribution in [2.45, 2.75) is 0 Å². The molecule has 0 aliphatic heterocycles. The Balaban J connectivity index is 1.70. The summed E-state index contributed by atoms with van der Waals surface area (Å²) in [5.74, 6) is 0. The van der Waals surface area contributed by atoms with Gasteiger partial charge in [-0.05, 0) is 0 Å². The van der Waals surface area contributed by atoms with Crippen molar-refractivity contribution in [2.24, 2.45) is 0 Å². The van der Waals surface area contributed by atoms with Gasteiger partial charge in [-0.2, -0.15) is 0 Å². The summed E-state index contributed by atoms with van der Waals surface area (Å²) in [6, 6.07) is 21.3. The van der Waals surface area contributed by atoms with Gasteiger partial charge in [0.2, 0.25) is 0 Å². The molecule has 3 rings (SSSR count). The maximum absolute atomic E-state index is 4.57. The summed E-state index contributed by atoms with van der Waals surface area (Å²) in [6.45, 7) is 0. The summed E-state index contributed by atoms with van der Waals surface area (Å²) in [5.41, 5.74) is 0. The molecule has 0 aliphatic carbocycles. The fourth-order valence-electron chi connectivity index (χ4n) is 1.53. The maximum atomic E-state index is 4.57. The third-order valence-corrected chi connectivity index (χ3v) is 8.24. The van der Waals surface area contributed by atoms with Crippen LogP contribution in [0.4, 0.5) is 0 Å². The fraction of sp³-hybridized carbons (Fsp3) is 0. The number of thiazole rings is 1. The van der Waals surface area contributed by atoms with Crippen molar-refractivity contribution >= 4 is 57.9 Å². The normalized spacial score (nSPS) is 10.5. The van der Waals surface area contributed by atoms with Crippen LogP contribution < -0.4 is 16.6 Å². The van der Waals surface area contributed by atoms with E-state index in [1.807, 2.05) is 11.3 Å². The van der Waals surface area contributed by atoms with Crippen LogP contribution in [0.25, 0.3) is 0 Å². The number of hydrogen-bond acceptors (Lipinski definition) is 2. The van der Waals surface area contributed by atoms with E-state index in [4.69, 9.17) is 0 Å². The van der Waals surface area contributed by atoms with Gasteiger partial charge in [-0.1, -0.05) is 0 Å². The van der Waals surface area contributed by atoms with Gasteiger partial charge < -0.3 is 0 Å². The summed E-state index contributed by atoms with van der Waals surface area (Å²) in [4.78, 5) is 4.57. The van der Waals surface area contributed by atoms with Gasteiger partial charge in [0.25, 0.3) is 0 Å². The Labute approximate surface area is 129 Å². The SMILES string of the molecule is c1ccc([Se]c2cnc([Se]c3ccccc3)s2)cc1. The molecule has 0 fully saturated rings. The number of aromatic nitrogens is 1. The molecule has 0 N–H and O–H groups in total. The Kier molecular flexibility index (Phi) is 4.49. The first-order valence-corrected chi connectivity index (χ1v) is 10.1. The van der Waals surface area contributed by atoms with Crippen molar-refractivity contribution in [3.63, 3.8) is 0 Å². The predicted octanol–water partition coefficient (Wildman–Crippen LogP) is 0.453. The number of nitrogens with zero attached hydrogens (tertiary/aromatic N) is 1. The Bertz CT molecular complexity index is 582. The molecule has 0 unspecified atom stereocenters. The van der Waals surface area contributed by atoms with E-state index in [1.165, 1.54) is 16.6 Å². The van der Waals surface area contributed by atoms with E-state index < -0.39 is 0 Å². The van der Waals surface area contributed by atoms with Gasteiger partial charge in [0.1, 0.15) is 0 Å². The minimum absolute atomic E-state index is 0.344. The van der Waals surface area contributed by atoms with Crippen molar-refractivity contribution < 1.29 is 0 Å². The van der Waals surface area contributed by atoms with Gasteiger partial charge in [0.15, 0.2) is 0 Å². The van der Waals surface area contributed by atoms with Crippen molar-refractivity contribution in [1.82, 2.24) is 4.98 Å². The van der Waals surface area contributed by atoms with Crippen molar-refractivity contribution in [2.75, 3.05) is 0 Å². The molecule has 1 aromatic heterocycles. The first-order valence-electron chi connectivity index (χ1n) is 5.82. The summed E-state index contributed by atoms with van der Waals surface area (Å²) >= 11 is 2.60. The van der Waals surface area contributed by atoms with Crippen molar-refractivity contribution in [1.29, 1.82) is 0 Å². The Morgan fingerprint density at radius 2 is 1.32 bits per heavy atom. The molecule has 0 spiro atoms. The first kappa shape index (κ1) is 13.1. The van der Waals surface area contributed by atoms with E-state index in [-0.39, 0.29) is 0 Å². The second kappa shape index (κ2) is 6.51. The number of hydrogen-bond donors (Lipinski definition) is 0. The van der Waals surface area contributed by atoms with Crippen molar-refractivity contribution in [3.05, 3.63) is 66.9 Å². The van der Waals surface area contributed by atoms with Gasteiger partial charge in [0, 0.05) is 0 Å². The number of benzene rings is 2. The topological polar surface area (TPSA) is 12.9 Å². The molecule has 0 radical (unpaired) electrons. The summed E-state index contributed by atoms with van der Waals surface area (Å²) < 4.78 is 5.48. The van der Waals surface area contributed by atoms with E-state index in [9.17, 15) is 0 Å². The van der Waals surface area contributed by atoms with E-state index >= 15 is 0 Å². The van der Waals surface area contributed by atoms with Gasteiger partial charge in [-0.25, -0.2) is 0 Å². The van der Waals surface area contributed by atoms with E-state index in [0.29, 0.717) is 29.9 Å². The van der Waals surface area contributed by atoms with Crippen molar-refractivity contribution in [3.8, 4) is 0 Å². The molecule has 19 heavy (non-hydrogen) atoms. The van der Waals surface area contributed by atoms with Gasteiger partial charge in [-0.15, -0.1) is 0 Å². The molecular formula is C15H11NSSe2. The molecule has 3 aromatic rings. The van der Waals surface area contributed by atoms with Crippen LogP contribution >= 0.6 is 11.3 Å². The molecule has 0 bridgehead atoms. The molecular weight excluding hydrogens is 384 g/mol. The molecule has 1 nitrogen and oxygen atoms in total. The Morgan fingerprint density at radius 1 is 0.737 bits per heavy atom. The molecule has 0 saturated carbocycles. The van der Waals surface area contributed by atoms with Gasteiger partial charge in [0.05, 0.1) is 0 Å². The third-order valence-electron chi connectivity index (χ3n) is 2.37. The zero-order valence-electron chi connectivity index (χ0n) is 10.0. The standard InChI is InChI=1S/C15H11NSSe2/c1-3-7-12(8-4-1)18-14-11-16-15(17-14)19-13-9-5-2-6-10-13/h1-11H. The zero-order chi connectivity index (χ0) is 12.9.